The van der Waals surface area contributed by atoms with Crippen LogP contribution in [0.3, 0.4) is 0 Å². The maximum Gasteiger partial charge on any atom is 0.252 e. The van der Waals surface area contributed by atoms with Gasteiger partial charge in [0.25, 0.3) is 5.91 Å². The zero-order chi connectivity index (χ0) is 13.1. The first-order chi connectivity index (χ1) is 8.58. The molecule has 1 fully saturated rings. The van der Waals surface area contributed by atoms with E-state index in [2.05, 4.69) is 33.2 Å². The maximum absolute atomic E-state index is 12.0. The van der Waals surface area contributed by atoms with Crippen molar-refractivity contribution in [3.8, 4) is 0 Å². The van der Waals surface area contributed by atoms with Crippen molar-refractivity contribution in [1.82, 2.24) is 10.6 Å². The summed E-state index contributed by atoms with van der Waals surface area (Å²) in [4.78, 5) is 12.0. The van der Waals surface area contributed by atoms with Crippen molar-refractivity contribution < 1.29 is 9.90 Å². The number of nitrogens with one attached hydrogen (secondary N) is 2. The highest BCUT2D eigenvalue weighted by atomic mass is 127. The molecule has 7 heteroatoms. The molecule has 2 unspecified atom stereocenters. The molecule has 1 amide bonds. The Labute approximate surface area is 136 Å². The number of rotatable bonds is 3. The molecule has 2 rings (SSSR count). The van der Waals surface area contributed by atoms with Crippen LogP contribution in [0.15, 0.2) is 18.2 Å². The molecule has 0 spiro atoms. The highest BCUT2D eigenvalue weighted by Gasteiger charge is 2.25. The molecule has 2 atom stereocenters. The zero-order valence-electron chi connectivity index (χ0n) is 10.0. The fraction of sp³-hybridized carbons (Fsp3) is 0.417. The van der Waals surface area contributed by atoms with Gasteiger partial charge in [-0.2, -0.15) is 0 Å². The van der Waals surface area contributed by atoms with Crippen LogP contribution in [-0.2, 0) is 0 Å². The standard InChI is InChI=1S/C12H14ClIN2O2.ClH/c13-8-1-2-10(14)9(3-8)12(18)16-5-7-4-15-6-11(7)17;/h1-3,7,11,15,17H,4-6H2,(H,16,18);1H. The largest absolute Gasteiger partial charge is 0.391 e. The fourth-order valence-electron chi connectivity index (χ4n) is 1.92. The lowest BCUT2D eigenvalue weighted by Crippen LogP contribution is -2.34. The number of amides is 1. The van der Waals surface area contributed by atoms with E-state index >= 15 is 0 Å². The van der Waals surface area contributed by atoms with Crippen molar-refractivity contribution in [2.24, 2.45) is 5.92 Å². The molecule has 1 saturated heterocycles. The van der Waals surface area contributed by atoms with Crippen molar-refractivity contribution in [3.63, 3.8) is 0 Å². The Morgan fingerprint density at radius 3 is 2.89 bits per heavy atom. The van der Waals surface area contributed by atoms with Gasteiger partial charge in [-0.25, -0.2) is 0 Å². The first kappa shape index (κ1) is 17.0. The van der Waals surface area contributed by atoms with Gasteiger partial charge in [-0.1, -0.05) is 11.6 Å². The Morgan fingerprint density at radius 1 is 1.53 bits per heavy atom. The van der Waals surface area contributed by atoms with Crippen molar-refractivity contribution in [3.05, 3.63) is 32.4 Å². The second-order valence-corrected chi connectivity index (χ2v) is 5.92. The molecule has 1 aromatic carbocycles. The second kappa shape index (κ2) is 7.64. The van der Waals surface area contributed by atoms with Crippen LogP contribution in [0.1, 0.15) is 10.4 Å². The zero-order valence-corrected chi connectivity index (χ0v) is 13.8. The summed E-state index contributed by atoms with van der Waals surface area (Å²) in [5.74, 6) is -0.0770. The summed E-state index contributed by atoms with van der Waals surface area (Å²) >= 11 is 7.98. The Kier molecular flexibility index (Phi) is 6.82. The SMILES string of the molecule is Cl.O=C(NCC1CNCC1O)c1cc(Cl)ccc1I. The molecule has 19 heavy (non-hydrogen) atoms. The van der Waals surface area contributed by atoms with E-state index in [1.807, 2.05) is 6.07 Å². The molecule has 0 aromatic heterocycles. The Morgan fingerprint density at radius 2 is 2.26 bits per heavy atom. The topological polar surface area (TPSA) is 61.4 Å². The Hall–Kier alpha value is -0.0800. The van der Waals surface area contributed by atoms with Crippen molar-refractivity contribution in [2.45, 2.75) is 6.10 Å². The molecule has 0 saturated carbocycles. The van der Waals surface area contributed by atoms with Gasteiger partial charge >= 0.3 is 0 Å². The normalized spacial score (nSPS) is 21.8. The minimum absolute atomic E-state index is 0. The van der Waals surface area contributed by atoms with E-state index in [-0.39, 0.29) is 30.3 Å². The van der Waals surface area contributed by atoms with Crippen LogP contribution in [0.5, 0.6) is 0 Å². The molecular weight excluding hydrogens is 402 g/mol. The van der Waals surface area contributed by atoms with Gasteiger partial charge in [-0.15, -0.1) is 12.4 Å². The monoisotopic (exact) mass is 416 g/mol. The molecule has 1 aromatic rings. The minimum atomic E-state index is -0.385. The second-order valence-electron chi connectivity index (χ2n) is 4.32. The van der Waals surface area contributed by atoms with Gasteiger partial charge in [0, 0.05) is 34.1 Å². The minimum Gasteiger partial charge on any atom is -0.391 e. The number of halogens is 3. The Bertz CT molecular complexity index is 459. The molecule has 1 heterocycles. The molecule has 0 aliphatic carbocycles. The van der Waals surface area contributed by atoms with E-state index in [4.69, 9.17) is 11.6 Å². The smallest absolute Gasteiger partial charge is 0.252 e. The maximum atomic E-state index is 12.0. The third kappa shape index (κ3) is 4.46. The summed E-state index contributed by atoms with van der Waals surface area (Å²) in [6.45, 7) is 1.79. The van der Waals surface area contributed by atoms with E-state index in [9.17, 15) is 9.90 Å². The molecule has 0 bridgehead atoms. The summed E-state index contributed by atoms with van der Waals surface area (Å²) in [5.41, 5.74) is 0.573. The molecule has 4 nitrogen and oxygen atoms in total. The van der Waals surface area contributed by atoms with Crippen LogP contribution in [0.4, 0.5) is 0 Å². The highest BCUT2D eigenvalue weighted by molar-refractivity contribution is 14.1. The molecule has 1 aliphatic rings. The summed E-state index contributed by atoms with van der Waals surface area (Å²) in [6, 6.07) is 5.22. The number of hydrogen-bond acceptors (Lipinski definition) is 3. The number of carbonyl (C=O) groups is 1. The predicted molar refractivity (Wildman–Crippen MR) is 86.1 cm³/mol. The van der Waals surface area contributed by atoms with Crippen molar-refractivity contribution in [1.29, 1.82) is 0 Å². The lowest BCUT2D eigenvalue weighted by atomic mass is 10.1. The van der Waals surface area contributed by atoms with Crippen LogP contribution in [0.25, 0.3) is 0 Å². The number of benzene rings is 1. The van der Waals surface area contributed by atoms with Gasteiger partial charge in [0.05, 0.1) is 11.7 Å². The van der Waals surface area contributed by atoms with E-state index < -0.39 is 0 Å². The van der Waals surface area contributed by atoms with Crippen LogP contribution in [-0.4, -0.2) is 36.8 Å². The van der Waals surface area contributed by atoms with E-state index in [0.717, 1.165) is 10.1 Å². The molecule has 0 radical (unpaired) electrons. The average Bonchev–Trinajstić information content (AvgIpc) is 2.75. The van der Waals surface area contributed by atoms with E-state index in [1.165, 1.54) is 0 Å². The van der Waals surface area contributed by atoms with Gasteiger partial charge in [-0.05, 0) is 40.8 Å². The summed E-state index contributed by atoms with van der Waals surface area (Å²) in [5, 5.41) is 16.1. The van der Waals surface area contributed by atoms with Gasteiger partial charge in [-0.3, -0.25) is 4.79 Å². The van der Waals surface area contributed by atoms with Gasteiger partial charge in [0.15, 0.2) is 0 Å². The van der Waals surface area contributed by atoms with Crippen LogP contribution in [0, 0.1) is 9.49 Å². The first-order valence-electron chi connectivity index (χ1n) is 5.70. The van der Waals surface area contributed by atoms with Crippen LogP contribution < -0.4 is 10.6 Å². The summed E-state index contributed by atoms with van der Waals surface area (Å²) in [7, 11) is 0. The predicted octanol–water partition coefficient (Wildman–Crippen LogP) is 1.68. The summed E-state index contributed by atoms with van der Waals surface area (Å²) < 4.78 is 0.861. The third-order valence-corrected chi connectivity index (χ3v) is 4.18. The highest BCUT2D eigenvalue weighted by Crippen LogP contribution is 2.18. The number of hydrogen-bond donors (Lipinski definition) is 3. The lowest BCUT2D eigenvalue weighted by molar-refractivity contribution is 0.0926. The van der Waals surface area contributed by atoms with Gasteiger partial charge in [0.1, 0.15) is 0 Å². The molecule has 106 valence electrons. The quantitative estimate of drug-likeness (QED) is 0.657. The van der Waals surface area contributed by atoms with E-state index in [0.29, 0.717) is 23.7 Å². The van der Waals surface area contributed by atoms with Gasteiger partial charge < -0.3 is 15.7 Å². The molecule has 3 N–H and O–H groups in total. The molecule has 1 aliphatic heterocycles. The Balaban J connectivity index is 0.00000180. The number of β-amino-alcohol motifs (C(OH)–C–C–N with tert-alkyl or cyclic N) is 1. The number of carbonyl (C=O) groups excluding carboxylic acids is 1. The molecular formula is C12H15Cl2IN2O2. The summed E-state index contributed by atoms with van der Waals surface area (Å²) in [6.07, 6.45) is -0.385. The average molecular weight is 417 g/mol. The third-order valence-electron chi connectivity index (χ3n) is 3.00. The lowest BCUT2D eigenvalue weighted by Gasteiger charge is -2.14. The first-order valence-corrected chi connectivity index (χ1v) is 7.15. The van der Waals surface area contributed by atoms with Crippen molar-refractivity contribution >= 4 is 52.5 Å². The fourth-order valence-corrected chi connectivity index (χ4v) is 2.67. The number of aliphatic hydroxyl groups excluding tert-OH is 1. The van der Waals surface area contributed by atoms with Gasteiger partial charge in [0.2, 0.25) is 0 Å². The van der Waals surface area contributed by atoms with Crippen molar-refractivity contribution in [2.75, 3.05) is 19.6 Å². The number of aliphatic hydroxyl groups is 1. The van der Waals surface area contributed by atoms with Crippen LogP contribution in [0.2, 0.25) is 5.02 Å². The van der Waals surface area contributed by atoms with E-state index in [1.54, 1.807) is 12.1 Å². The van der Waals surface area contributed by atoms with Crippen LogP contribution >= 0.6 is 46.6 Å².